The van der Waals surface area contributed by atoms with E-state index in [-0.39, 0.29) is 0 Å². The zero-order valence-electron chi connectivity index (χ0n) is 5.68. The third kappa shape index (κ3) is 6.10. The second-order valence-electron chi connectivity index (χ2n) is 2.06. The van der Waals surface area contributed by atoms with E-state index in [1.54, 1.807) is 6.66 Å². The van der Waals surface area contributed by atoms with Gasteiger partial charge < -0.3 is 0 Å². The number of hydrogen-bond acceptors (Lipinski definition) is 1. The summed E-state index contributed by atoms with van der Waals surface area (Å²) in [5, 5.41) is 0. The average molecular weight is 133 g/mol. The lowest BCUT2D eigenvalue weighted by molar-refractivity contribution is 0.588. The van der Waals surface area contributed by atoms with Crippen LogP contribution in [0.15, 0.2) is 0 Å². The van der Waals surface area contributed by atoms with Crippen LogP contribution < -0.4 is 0 Å². The molecule has 0 rings (SSSR count). The van der Waals surface area contributed by atoms with E-state index >= 15 is 0 Å². The Bertz CT molecular complexity index is 70.9. The molecule has 1 radical (unpaired) electrons. The van der Waals surface area contributed by atoms with Crippen molar-refractivity contribution < 1.29 is 4.57 Å². The molecule has 0 saturated heterocycles. The molecule has 0 aromatic heterocycles. The van der Waals surface area contributed by atoms with Crippen molar-refractivity contribution in [3.63, 3.8) is 0 Å². The first-order valence-electron chi connectivity index (χ1n) is 3.15. The summed E-state index contributed by atoms with van der Waals surface area (Å²) >= 11 is 0. The Morgan fingerprint density at radius 2 is 2.00 bits per heavy atom. The lowest BCUT2D eigenvalue weighted by Crippen LogP contribution is -1.76. The second kappa shape index (κ2) is 5.24. The van der Waals surface area contributed by atoms with Gasteiger partial charge in [-0.25, -0.2) is 0 Å². The minimum Gasteiger partial charge on any atom is -0.287 e. The molecule has 0 fully saturated rings. The molecule has 0 spiro atoms. The van der Waals surface area contributed by atoms with Crippen LogP contribution in [-0.4, -0.2) is 12.8 Å². The van der Waals surface area contributed by atoms with Gasteiger partial charge in [0.15, 0.2) is 0 Å². The standard InChI is InChI=1S/C6H14OP/c1-3-4-5-6-8(2)7/h3-6H2,1-2H3. The molecule has 8 heavy (non-hydrogen) atoms. The fourth-order valence-corrected chi connectivity index (χ4v) is 1.25. The lowest BCUT2D eigenvalue weighted by Gasteiger charge is -1.91. The van der Waals surface area contributed by atoms with Crippen molar-refractivity contribution in [2.75, 3.05) is 12.8 Å². The highest BCUT2D eigenvalue weighted by atomic mass is 31.1. The van der Waals surface area contributed by atoms with Crippen LogP contribution in [0.2, 0.25) is 0 Å². The fraction of sp³-hybridized carbons (Fsp3) is 1.00. The Labute approximate surface area is 52.3 Å². The van der Waals surface area contributed by atoms with Crippen molar-refractivity contribution in [3.05, 3.63) is 0 Å². The molecule has 1 nitrogen and oxygen atoms in total. The fourth-order valence-electron chi connectivity index (χ4n) is 0.584. The largest absolute Gasteiger partial charge is 0.287 e. The smallest absolute Gasteiger partial charge is 0.0686 e. The van der Waals surface area contributed by atoms with Crippen LogP contribution in [0.3, 0.4) is 0 Å². The van der Waals surface area contributed by atoms with Crippen LogP contribution in [0.1, 0.15) is 26.2 Å². The molecule has 0 aliphatic carbocycles. The molecule has 0 aliphatic rings. The van der Waals surface area contributed by atoms with Gasteiger partial charge in [0.05, 0.1) is 7.80 Å². The maximum atomic E-state index is 10.5. The molecular formula is C6H14OP. The third-order valence-electron chi connectivity index (χ3n) is 1.08. The molecule has 0 bridgehead atoms. The van der Waals surface area contributed by atoms with Gasteiger partial charge in [-0.15, -0.1) is 0 Å². The van der Waals surface area contributed by atoms with Crippen LogP contribution >= 0.6 is 7.80 Å². The molecule has 0 aromatic carbocycles. The summed E-state index contributed by atoms with van der Waals surface area (Å²) in [6, 6.07) is 0. The van der Waals surface area contributed by atoms with Gasteiger partial charge in [0.25, 0.3) is 0 Å². The minimum absolute atomic E-state index is 0.862. The molecule has 0 heterocycles. The van der Waals surface area contributed by atoms with Crippen molar-refractivity contribution in [2.24, 2.45) is 0 Å². The monoisotopic (exact) mass is 133 g/mol. The van der Waals surface area contributed by atoms with Gasteiger partial charge in [-0.3, -0.25) is 4.57 Å². The van der Waals surface area contributed by atoms with Crippen LogP contribution in [0.25, 0.3) is 0 Å². The van der Waals surface area contributed by atoms with Crippen LogP contribution in [0, 0.1) is 0 Å². The van der Waals surface area contributed by atoms with E-state index in [9.17, 15) is 4.57 Å². The predicted octanol–water partition coefficient (Wildman–Crippen LogP) is 2.63. The summed E-state index contributed by atoms with van der Waals surface area (Å²) in [4.78, 5) is 0. The highest BCUT2D eigenvalue weighted by Gasteiger charge is 1.88. The summed E-state index contributed by atoms with van der Waals surface area (Å²) < 4.78 is 10.5. The van der Waals surface area contributed by atoms with Crippen LogP contribution in [-0.2, 0) is 4.57 Å². The summed E-state index contributed by atoms with van der Waals surface area (Å²) in [7, 11) is -0.862. The van der Waals surface area contributed by atoms with E-state index in [0.29, 0.717) is 0 Å². The molecule has 1 unspecified atom stereocenters. The first kappa shape index (κ1) is 8.10. The van der Waals surface area contributed by atoms with Crippen molar-refractivity contribution in [3.8, 4) is 0 Å². The molecule has 0 amide bonds. The van der Waals surface area contributed by atoms with E-state index in [0.717, 1.165) is 12.6 Å². The van der Waals surface area contributed by atoms with E-state index in [1.807, 2.05) is 0 Å². The molecule has 2 heteroatoms. The highest BCUT2D eigenvalue weighted by Crippen LogP contribution is 2.15. The Morgan fingerprint density at radius 3 is 2.38 bits per heavy atom. The van der Waals surface area contributed by atoms with Gasteiger partial charge in [-0.1, -0.05) is 19.8 Å². The minimum atomic E-state index is -0.862. The van der Waals surface area contributed by atoms with E-state index in [4.69, 9.17) is 0 Å². The maximum Gasteiger partial charge on any atom is 0.0686 e. The molecule has 0 aromatic rings. The quantitative estimate of drug-likeness (QED) is 0.425. The van der Waals surface area contributed by atoms with Crippen molar-refractivity contribution in [1.82, 2.24) is 0 Å². The Kier molecular flexibility index (Phi) is 5.31. The van der Waals surface area contributed by atoms with Gasteiger partial charge in [0, 0.05) is 12.8 Å². The Morgan fingerprint density at radius 1 is 1.38 bits per heavy atom. The Hall–Kier alpha value is 0.100. The van der Waals surface area contributed by atoms with E-state index in [2.05, 4.69) is 6.92 Å². The first-order valence-corrected chi connectivity index (χ1v) is 5.05. The van der Waals surface area contributed by atoms with Crippen molar-refractivity contribution in [1.29, 1.82) is 0 Å². The highest BCUT2D eigenvalue weighted by molar-refractivity contribution is 7.43. The van der Waals surface area contributed by atoms with Crippen LogP contribution in [0.4, 0.5) is 0 Å². The zero-order valence-corrected chi connectivity index (χ0v) is 6.58. The molecule has 49 valence electrons. The van der Waals surface area contributed by atoms with Gasteiger partial charge in [0.1, 0.15) is 0 Å². The normalized spacial score (nSPS) is 11.5. The lowest BCUT2D eigenvalue weighted by atomic mass is 10.3. The Balaban J connectivity index is 2.82. The first-order chi connectivity index (χ1) is 3.77. The van der Waals surface area contributed by atoms with E-state index in [1.165, 1.54) is 12.8 Å². The van der Waals surface area contributed by atoms with Gasteiger partial charge in [0.2, 0.25) is 0 Å². The van der Waals surface area contributed by atoms with Crippen LogP contribution in [0.5, 0.6) is 0 Å². The number of rotatable bonds is 4. The molecular weight excluding hydrogens is 119 g/mol. The maximum absolute atomic E-state index is 10.5. The summed E-state index contributed by atoms with van der Waals surface area (Å²) in [6.45, 7) is 3.95. The molecule has 0 N–H and O–H groups in total. The SMILES string of the molecule is CCCCC[P](C)=O. The molecule has 0 saturated carbocycles. The summed E-state index contributed by atoms with van der Waals surface area (Å²) in [5.41, 5.74) is 0. The van der Waals surface area contributed by atoms with Gasteiger partial charge >= 0.3 is 0 Å². The third-order valence-corrected chi connectivity index (χ3v) is 2.02. The molecule has 0 aliphatic heterocycles. The van der Waals surface area contributed by atoms with Crippen molar-refractivity contribution >= 4 is 7.80 Å². The van der Waals surface area contributed by atoms with Gasteiger partial charge in [-0.2, -0.15) is 0 Å². The molecule has 1 atom stereocenters. The van der Waals surface area contributed by atoms with Crippen molar-refractivity contribution in [2.45, 2.75) is 26.2 Å². The van der Waals surface area contributed by atoms with E-state index < -0.39 is 7.80 Å². The average Bonchev–Trinajstić information content (AvgIpc) is 1.66. The second-order valence-corrected chi connectivity index (χ2v) is 3.76. The number of unbranched alkanes of at least 4 members (excludes halogenated alkanes) is 2. The number of hydrogen-bond donors (Lipinski definition) is 0. The van der Waals surface area contributed by atoms with Gasteiger partial charge in [-0.05, 0) is 6.42 Å². The summed E-state index contributed by atoms with van der Waals surface area (Å²) in [6.07, 6.45) is 4.52. The topological polar surface area (TPSA) is 17.1 Å². The zero-order chi connectivity index (χ0) is 6.41. The predicted molar refractivity (Wildman–Crippen MR) is 37.9 cm³/mol. The summed E-state index contributed by atoms with van der Waals surface area (Å²) in [5.74, 6) is 0.